The number of Topliss-reactive ketones (excluding diaryl/α,β-unsaturated/α-hetero) is 1. The summed E-state index contributed by atoms with van der Waals surface area (Å²) >= 11 is 0. The van der Waals surface area contributed by atoms with Gasteiger partial charge >= 0.3 is 17.9 Å². The molecule has 3 fully saturated rings. The first-order valence-electron chi connectivity index (χ1n) is 16.4. The van der Waals surface area contributed by atoms with Gasteiger partial charge in [0.25, 0.3) is 0 Å². The van der Waals surface area contributed by atoms with Crippen LogP contribution in [0.1, 0.15) is 71.9 Å². The van der Waals surface area contributed by atoms with Crippen LogP contribution in [0.25, 0.3) is 0 Å². The van der Waals surface area contributed by atoms with Crippen LogP contribution >= 0.6 is 0 Å². The number of fused-ring (bicyclic) bond motifs is 3. The average Bonchev–Trinajstić information content (AvgIpc) is 3.81. The standard InChI is InChI=1S/C38H44O9/c1-23-14-13-19-37(6)34(46-37)33(45-29(42)21-26-17-11-8-12-18-26)36(5)22-27(40)38(35(3,4)47-38)32(36)31(30(23)43-24(2)39)44-28(41)20-25-15-9-7-10-16-25/h7-12,14-18,30-34H,13,19-22H2,1-6H3/b23-14-/t30-,31?,32+,33?,34-,36-,37-,38?/m0/s1. The van der Waals surface area contributed by atoms with Crippen LogP contribution in [0.15, 0.2) is 72.3 Å². The van der Waals surface area contributed by atoms with Gasteiger partial charge in [-0.25, -0.2) is 0 Å². The molecule has 0 aromatic heterocycles. The summed E-state index contributed by atoms with van der Waals surface area (Å²) in [6.45, 7) is 10.7. The van der Waals surface area contributed by atoms with Gasteiger partial charge < -0.3 is 23.7 Å². The van der Waals surface area contributed by atoms with Crippen molar-refractivity contribution in [1.29, 1.82) is 0 Å². The van der Waals surface area contributed by atoms with E-state index in [1.165, 1.54) is 6.92 Å². The lowest BCUT2D eigenvalue weighted by Crippen LogP contribution is -2.56. The van der Waals surface area contributed by atoms with Crippen LogP contribution in [0.3, 0.4) is 0 Å². The SMILES string of the molecule is CC(=O)O[C@H]1/C(C)=C\CC[C@]2(C)O[C@H]2C(OC(=O)Cc2ccccc2)[C@@]2(C)CC(=O)C3(OC3(C)C)[C@@H]2C1OC(=O)Cc1ccccc1. The molecule has 2 aliphatic heterocycles. The minimum Gasteiger partial charge on any atom is -0.459 e. The van der Waals surface area contributed by atoms with Gasteiger partial charge in [0.15, 0.2) is 17.5 Å². The summed E-state index contributed by atoms with van der Waals surface area (Å²) < 4.78 is 31.5. The fourth-order valence-electron chi connectivity index (χ4n) is 8.21. The normalized spacial score (nSPS) is 36.5. The molecule has 2 saturated heterocycles. The van der Waals surface area contributed by atoms with Crippen molar-refractivity contribution < 1.29 is 42.9 Å². The van der Waals surface area contributed by atoms with E-state index in [2.05, 4.69) is 0 Å². The highest BCUT2D eigenvalue weighted by molar-refractivity contribution is 5.96. The molecule has 6 rings (SSSR count). The van der Waals surface area contributed by atoms with E-state index in [1.54, 1.807) is 0 Å². The van der Waals surface area contributed by atoms with E-state index in [0.29, 0.717) is 18.4 Å². The third-order valence-electron chi connectivity index (χ3n) is 10.6. The number of esters is 3. The molecular formula is C38H44O9. The zero-order valence-electron chi connectivity index (χ0n) is 27.9. The van der Waals surface area contributed by atoms with Crippen molar-refractivity contribution in [3.05, 3.63) is 83.4 Å². The number of epoxide rings is 2. The molecule has 0 bridgehead atoms. The highest BCUT2D eigenvalue weighted by Crippen LogP contribution is 2.68. The van der Waals surface area contributed by atoms with Gasteiger partial charge in [-0.3, -0.25) is 19.2 Å². The average molecular weight is 645 g/mol. The van der Waals surface area contributed by atoms with E-state index in [9.17, 15) is 19.2 Å². The Kier molecular flexibility index (Phi) is 8.46. The monoisotopic (exact) mass is 644 g/mol. The lowest BCUT2D eigenvalue weighted by atomic mass is 9.65. The minimum atomic E-state index is -1.37. The molecule has 3 unspecified atom stereocenters. The molecule has 1 spiro atoms. The number of allylic oxidation sites excluding steroid dienone is 1. The summed E-state index contributed by atoms with van der Waals surface area (Å²) in [5.41, 5.74) is -1.80. The van der Waals surface area contributed by atoms with Gasteiger partial charge in [-0.1, -0.05) is 73.7 Å². The van der Waals surface area contributed by atoms with E-state index >= 15 is 0 Å². The Bertz CT molecular complexity index is 1580. The van der Waals surface area contributed by atoms with Crippen molar-refractivity contribution in [2.24, 2.45) is 11.3 Å². The first-order chi connectivity index (χ1) is 22.2. The van der Waals surface area contributed by atoms with Gasteiger partial charge in [-0.2, -0.15) is 0 Å². The van der Waals surface area contributed by atoms with Crippen LogP contribution in [-0.4, -0.2) is 64.9 Å². The Morgan fingerprint density at radius 2 is 1.40 bits per heavy atom. The van der Waals surface area contributed by atoms with Gasteiger partial charge in [-0.05, 0) is 57.2 Å². The van der Waals surface area contributed by atoms with E-state index in [-0.39, 0.29) is 25.0 Å². The third kappa shape index (κ3) is 6.04. The van der Waals surface area contributed by atoms with Crippen molar-refractivity contribution in [2.75, 3.05) is 0 Å². The molecule has 0 N–H and O–H groups in total. The molecule has 4 aliphatic rings. The molecule has 47 heavy (non-hydrogen) atoms. The first-order valence-corrected chi connectivity index (χ1v) is 16.4. The number of hydrogen-bond donors (Lipinski definition) is 0. The third-order valence-corrected chi connectivity index (χ3v) is 10.6. The Hall–Kier alpha value is -3.82. The fourth-order valence-corrected chi connectivity index (χ4v) is 8.21. The van der Waals surface area contributed by atoms with Crippen LogP contribution in [0, 0.1) is 11.3 Å². The maximum absolute atomic E-state index is 14.3. The van der Waals surface area contributed by atoms with Crippen LogP contribution < -0.4 is 0 Å². The number of benzene rings is 2. The van der Waals surface area contributed by atoms with E-state index in [0.717, 1.165) is 11.1 Å². The lowest BCUT2D eigenvalue weighted by Gasteiger charge is -2.44. The molecule has 2 aliphatic carbocycles. The van der Waals surface area contributed by atoms with E-state index < -0.39 is 70.5 Å². The lowest BCUT2D eigenvalue weighted by molar-refractivity contribution is -0.183. The summed E-state index contributed by atoms with van der Waals surface area (Å²) in [5, 5.41) is 0. The van der Waals surface area contributed by atoms with E-state index in [4.69, 9.17) is 23.7 Å². The summed E-state index contributed by atoms with van der Waals surface area (Å²) in [6.07, 6.45) is -0.391. The van der Waals surface area contributed by atoms with Crippen LogP contribution in [0.5, 0.6) is 0 Å². The van der Waals surface area contributed by atoms with Gasteiger partial charge in [-0.15, -0.1) is 0 Å². The van der Waals surface area contributed by atoms with Crippen molar-refractivity contribution in [3.63, 3.8) is 0 Å². The van der Waals surface area contributed by atoms with Crippen molar-refractivity contribution in [3.8, 4) is 0 Å². The summed E-state index contributed by atoms with van der Waals surface area (Å²) in [4.78, 5) is 54.4. The zero-order chi connectivity index (χ0) is 33.8. The number of ether oxygens (including phenoxy) is 5. The van der Waals surface area contributed by atoms with Crippen LogP contribution in [0.2, 0.25) is 0 Å². The summed E-state index contributed by atoms with van der Waals surface area (Å²) in [6, 6.07) is 18.5. The second-order valence-electron chi connectivity index (χ2n) is 14.5. The Morgan fingerprint density at radius 3 is 1.94 bits per heavy atom. The van der Waals surface area contributed by atoms with E-state index in [1.807, 2.05) is 101 Å². The van der Waals surface area contributed by atoms with Crippen LogP contribution in [0.4, 0.5) is 0 Å². The van der Waals surface area contributed by atoms with Gasteiger partial charge in [0.2, 0.25) is 0 Å². The van der Waals surface area contributed by atoms with Gasteiger partial charge in [0.1, 0.15) is 23.9 Å². The van der Waals surface area contributed by atoms with Gasteiger partial charge in [0.05, 0.1) is 18.4 Å². The quantitative estimate of drug-likeness (QED) is 0.172. The van der Waals surface area contributed by atoms with Crippen LogP contribution in [-0.2, 0) is 55.7 Å². The zero-order valence-corrected chi connectivity index (χ0v) is 27.9. The molecule has 2 heterocycles. The molecule has 2 aromatic carbocycles. The maximum Gasteiger partial charge on any atom is 0.310 e. The second-order valence-corrected chi connectivity index (χ2v) is 14.5. The van der Waals surface area contributed by atoms with Crippen molar-refractivity contribution in [1.82, 2.24) is 0 Å². The fraction of sp³-hybridized carbons (Fsp3) is 0.526. The summed E-state index contributed by atoms with van der Waals surface area (Å²) in [7, 11) is 0. The second kappa shape index (κ2) is 12.0. The molecule has 0 amide bonds. The smallest absolute Gasteiger partial charge is 0.310 e. The topological polar surface area (TPSA) is 121 Å². The Morgan fingerprint density at radius 1 is 0.851 bits per heavy atom. The molecule has 0 radical (unpaired) electrons. The summed E-state index contributed by atoms with van der Waals surface area (Å²) in [5.74, 6) is -2.58. The molecule has 2 aromatic rings. The molecule has 8 atom stereocenters. The highest BCUT2D eigenvalue weighted by Gasteiger charge is 2.84. The number of carbonyl (C=O) groups is 4. The predicted molar refractivity (Wildman–Crippen MR) is 171 cm³/mol. The predicted octanol–water partition coefficient (Wildman–Crippen LogP) is 5.27. The number of hydrogen-bond acceptors (Lipinski definition) is 9. The largest absolute Gasteiger partial charge is 0.459 e. The number of rotatable bonds is 7. The highest BCUT2D eigenvalue weighted by atomic mass is 16.7. The van der Waals surface area contributed by atoms with Crippen molar-refractivity contribution >= 4 is 23.7 Å². The first kappa shape index (κ1) is 33.1. The van der Waals surface area contributed by atoms with Gasteiger partial charge in [0, 0.05) is 24.7 Å². The molecular weight excluding hydrogens is 600 g/mol. The number of carbonyl (C=O) groups excluding carboxylic acids is 4. The minimum absolute atomic E-state index is 0.0113. The maximum atomic E-state index is 14.3. The molecule has 9 heteroatoms. The van der Waals surface area contributed by atoms with Crippen molar-refractivity contribution in [2.45, 2.75) is 115 Å². The number of ketones is 1. The Labute approximate surface area is 275 Å². The molecule has 1 saturated carbocycles. The Balaban J connectivity index is 1.47. The molecule has 9 nitrogen and oxygen atoms in total. The molecule has 250 valence electrons.